The summed E-state index contributed by atoms with van der Waals surface area (Å²) in [5.41, 5.74) is 1.31. The molecule has 0 aromatic heterocycles. The molecular weight excluding hydrogens is 422 g/mol. The summed E-state index contributed by atoms with van der Waals surface area (Å²) >= 11 is 0. The van der Waals surface area contributed by atoms with Crippen LogP contribution < -0.4 is 4.74 Å². The average molecular weight is 461 g/mol. The van der Waals surface area contributed by atoms with Gasteiger partial charge in [-0.3, -0.25) is 0 Å². The van der Waals surface area contributed by atoms with Crippen LogP contribution in [0.25, 0.3) is 0 Å². The van der Waals surface area contributed by atoms with E-state index in [2.05, 4.69) is 13.0 Å². The van der Waals surface area contributed by atoms with Crippen LogP contribution in [0.15, 0.2) is 23.8 Å². The molecule has 0 saturated heterocycles. The van der Waals surface area contributed by atoms with Crippen LogP contribution in [0.5, 0.6) is 5.75 Å². The lowest BCUT2D eigenvalue weighted by molar-refractivity contribution is -0.146. The van der Waals surface area contributed by atoms with Gasteiger partial charge in [0.25, 0.3) is 0 Å². The van der Waals surface area contributed by atoms with E-state index in [1.807, 2.05) is 6.92 Å². The first kappa shape index (κ1) is 24.2. The van der Waals surface area contributed by atoms with Crippen LogP contribution in [0.4, 0.5) is 8.78 Å². The molecule has 3 nitrogen and oxygen atoms in total. The van der Waals surface area contributed by atoms with Crippen LogP contribution in [-0.2, 0) is 9.53 Å². The summed E-state index contributed by atoms with van der Waals surface area (Å²) in [6.07, 6.45) is 12.3. The molecule has 0 spiro atoms. The quantitative estimate of drug-likeness (QED) is 0.283. The number of carbonyl (C=O) groups excluding carboxylic acids is 1. The third-order valence-corrected chi connectivity index (χ3v) is 8.10. The van der Waals surface area contributed by atoms with Gasteiger partial charge in [0.1, 0.15) is 6.10 Å². The summed E-state index contributed by atoms with van der Waals surface area (Å²) in [6.45, 7) is 4.65. The van der Waals surface area contributed by atoms with Crippen molar-refractivity contribution in [3.63, 3.8) is 0 Å². The number of carbonyl (C=O) groups is 1. The second kappa shape index (κ2) is 11.0. The summed E-state index contributed by atoms with van der Waals surface area (Å²) < 4.78 is 40.5. The van der Waals surface area contributed by atoms with Gasteiger partial charge in [-0.15, -0.1) is 0 Å². The average Bonchev–Trinajstić information content (AvgIpc) is 3.41. The molecular formula is C28H38F2O3. The van der Waals surface area contributed by atoms with E-state index < -0.39 is 11.6 Å². The van der Waals surface area contributed by atoms with E-state index in [0.717, 1.165) is 37.2 Å². The Labute approximate surface area is 196 Å². The number of halogens is 2. The highest BCUT2D eigenvalue weighted by Crippen LogP contribution is 2.49. The van der Waals surface area contributed by atoms with Gasteiger partial charge in [-0.25, -0.2) is 9.18 Å². The minimum atomic E-state index is -0.891. The molecule has 0 aliphatic heterocycles. The molecule has 0 radical (unpaired) electrons. The summed E-state index contributed by atoms with van der Waals surface area (Å²) in [5.74, 6) is -0.158. The molecule has 33 heavy (non-hydrogen) atoms. The SMILES string of the molecule is CCCCOc1ccc(C2CCC(OC(=O)C3=CCC4C(CCC)CCC34)CC2)c(F)c1F. The summed E-state index contributed by atoms with van der Waals surface area (Å²) in [5, 5.41) is 0. The van der Waals surface area contributed by atoms with E-state index in [4.69, 9.17) is 9.47 Å². The van der Waals surface area contributed by atoms with Crippen molar-refractivity contribution in [3.8, 4) is 5.75 Å². The molecule has 2 saturated carbocycles. The van der Waals surface area contributed by atoms with E-state index >= 15 is 0 Å². The maximum Gasteiger partial charge on any atom is 0.334 e. The standard InChI is InChI=1S/C28H38F2O3/c1-3-5-17-32-25-16-15-22(26(29)27(25)30)19-7-10-20(11-8-19)33-28(31)24-14-13-21-18(6-4-2)9-12-23(21)24/h14-16,18-21,23H,3-13,17H2,1-2H3. The van der Waals surface area contributed by atoms with Crippen molar-refractivity contribution in [2.45, 2.75) is 96.5 Å². The van der Waals surface area contributed by atoms with Crippen molar-refractivity contribution >= 4 is 5.97 Å². The van der Waals surface area contributed by atoms with Crippen molar-refractivity contribution in [2.24, 2.45) is 17.8 Å². The van der Waals surface area contributed by atoms with Gasteiger partial charge in [-0.2, -0.15) is 4.39 Å². The molecule has 3 aliphatic carbocycles. The number of rotatable bonds is 9. The summed E-state index contributed by atoms with van der Waals surface area (Å²) in [7, 11) is 0. The Balaban J connectivity index is 1.29. The van der Waals surface area contributed by atoms with Gasteiger partial charge in [0, 0.05) is 5.57 Å². The zero-order valence-electron chi connectivity index (χ0n) is 20.1. The Morgan fingerprint density at radius 2 is 1.79 bits per heavy atom. The second-order valence-corrected chi connectivity index (χ2v) is 10.2. The zero-order chi connectivity index (χ0) is 23.4. The molecule has 5 heteroatoms. The molecule has 182 valence electrons. The number of hydrogen-bond acceptors (Lipinski definition) is 3. The lowest BCUT2D eigenvalue weighted by Gasteiger charge is -2.29. The lowest BCUT2D eigenvalue weighted by Crippen LogP contribution is -2.26. The van der Waals surface area contributed by atoms with Crippen LogP contribution >= 0.6 is 0 Å². The Kier molecular flexibility index (Phi) is 8.08. The van der Waals surface area contributed by atoms with Crippen LogP contribution in [0, 0.1) is 29.4 Å². The molecule has 0 amide bonds. The van der Waals surface area contributed by atoms with E-state index in [0.29, 0.717) is 49.7 Å². The number of fused-ring (bicyclic) bond motifs is 1. The minimum absolute atomic E-state index is 0.0106. The molecule has 0 N–H and O–H groups in total. The Hall–Kier alpha value is -1.91. The molecule has 2 fully saturated rings. The Morgan fingerprint density at radius 1 is 1.00 bits per heavy atom. The summed E-state index contributed by atoms with van der Waals surface area (Å²) in [4.78, 5) is 12.9. The first-order valence-corrected chi connectivity index (χ1v) is 13.0. The molecule has 4 rings (SSSR count). The van der Waals surface area contributed by atoms with Crippen LogP contribution in [0.3, 0.4) is 0 Å². The van der Waals surface area contributed by atoms with Crippen LogP contribution in [0.2, 0.25) is 0 Å². The molecule has 3 aliphatic rings. The van der Waals surface area contributed by atoms with Gasteiger partial charge >= 0.3 is 5.97 Å². The van der Waals surface area contributed by atoms with Gasteiger partial charge in [0.15, 0.2) is 11.6 Å². The zero-order valence-corrected chi connectivity index (χ0v) is 20.1. The molecule has 3 unspecified atom stereocenters. The Morgan fingerprint density at radius 3 is 2.52 bits per heavy atom. The first-order valence-electron chi connectivity index (χ1n) is 13.0. The van der Waals surface area contributed by atoms with Crippen molar-refractivity contribution < 1.29 is 23.0 Å². The van der Waals surface area contributed by atoms with Gasteiger partial charge in [-0.1, -0.05) is 45.3 Å². The van der Waals surface area contributed by atoms with E-state index in [9.17, 15) is 13.6 Å². The van der Waals surface area contributed by atoms with Gasteiger partial charge in [-0.05, 0) is 86.7 Å². The number of benzene rings is 1. The normalized spacial score (nSPS) is 29.0. The number of unbranched alkanes of at least 4 members (excludes halogenated alkanes) is 1. The lowest BCUT2D eigenvalue weighted by atomic mass is 9.82. The minimum Gasteiger partial charge on any atom is -0.490 e. The second-order valence-electron chi connectivity index (χ2n) is 10.2. The number of ether oxygens (including phenoxy) is 2. The van der Waals surface area contributed by atoms with Crippen molar-refractivity contribution in [1.29, 1.82) is 0 Å². The molecule has 1 aromatic carbocycles. The first-order chi connectivity index (χ1) is 16.0. The highest BCUT2D eigenvalue weighted by molar-refractivity contribution is 5.90. The van der Waals surface area contributed by atoms with Crippen LogP contribution in [-0.4, -0.2) is 18.7 Å². The highest BCUT2D eigenvalue weighted by Gasteiger charge is 2.43. The topological polar surface area (TPSA) is 35.5 Å². The highest BCUT2D eigenvalue weighted by atomic mass is 19.2. The van der Waals surface area contributed by atoms with Gasteiger partial charge < -0.3 is 9.47 Å². The number of hydrogen-bond donors (Lipinski definition) is 0. The fourth-order valence-electron chi connectivity index (χ4n) is 6.28. The third-order valence-electron chi connectivity index (χ3n) is 8.10. The fourth-order valence-corrected chi connectivity index (χ4v) is 6.28. The predicted octanol–water partition coefficient (Wildman–Crippen LogP) is 7.49. The number of allylic oxidation sites excluding steroid dienone is 1. The third kappa shape index (κ3) is 5.27. The summed E-state index contributed by atoms with van der Waals surface area (Å²) in [6, 6.07) is 3.21. The van der Waals surface area contributed by atoms with Crippen LogP contribution in [0.1, 0.15) is 96.0 Å². The number of esters is 1. The maximum absolute atomic E-state index is 14.7. The van der Waals surface area contributed by atoms with Crippen molar-refractivity contribution in [2.75, 3.05) is 6.61 Å². The fraction of sp³-hybridized carbons (Fsp3) is 0.679. The Bertz CT molecular complexity index is 857. The smallest absolute Gasteiger partial charge is 0.334 e. The van der Waals surface area contributed by atoms with E-state index in [1.165, 1.54) is 19.3 Å². The van der Waals surface area contributed by atoms with Crippen molar-refractivity contribution in [1.82, 2.24) is 0 Å². The van der Waals surface area contributed by atoms with E-state index in [1.54, 1.807) is 12.1 Å². The predicted molar refractivity (Wildman–Crippen MR) is 125 cm³/mol. The van der Waals surface area contributed by atoms with Crippen molar-refractivity contribution in [3.05, 3.63) is 41.0 Å². The van der Waals surface area contributed by atoms with Gasteiger partial charge in [0.2, 0.25) is 5.82 Å². The largest absolute Gasteiger partial charge is 0.490 e. The van der Waals surface area contributed by atoms with Gasteiger partial charge in [0.05, 0.1) is 6.61 Å². The molecule has 3 atom stereocenters. The molecule has 0 heterocycles. The molecule has 0 bridgehead atoms. The monoisotopic (exact) mass is 460 g/mol. The maximum atomic E-state index is 14.7. The molecule has 1 aromatic rings. The van der Waals surface area contributed by atoms with E-state index in [-0.39, 0.29) is 23.7 Å².